The van der Waals surface area contributed by atoms with Crippen LogP contribution in [0, 0.1) is 0 Å². The second-order valence-electron chi connectivity index (χ2n) is 7.87. The van der Waals surface area contributed by atoms with Crippen LogP contribution in [-0.2, 0) is 23.7 Å². The molecule has 2 aliphatic rings. The third-order valence-corrected chi connectivity index (χ3v) is 5.23. The van der Waals surface area contributed by atoms with E-state index < -0.39 is 42.3 Å². The lowest BCUT2D eigenvalue weighted by Crippen LogP contribution is -2.36. The number of fused-ring (bicyclic) bond motifs is 1. The van der Waals surface area contributed by atoms with Gasteiger partial charge >= 0.3 is 17.9 Å². The lowest BCUT2D eigenvalue weighted by molar-refractivity contribution is -0.131. The van der Waals surface area contributed by atoms with Crippen molar-refractivity contribution in [1.29, 1.82) is 0 Å². The molecule has 4 rings (SSSR count). The van der Waals surface area contributed by atoms with Crippen LogP contribution in [-0.4, -0.2) is 55.5 Å². The van der Waals surface area contributed by atoms with Gasteiger partial charge in [0.25, 0.3) is 0 Å². The molecule has 2 saturated heterocycles. The monoisotopic (exact) mass is 468 g/mol. The first kappa shape index (κ1) is 23.5. The number of rotatable bonds is 7. The summed E-state index contributed by atoms with van der Waals surface area (Å²) in [5.74, 6) is -0.954. The predicted molar refractivity (Wildman–Crippen MR) is 118 cm³/mol. The molecule has 2 fully saturated rings. The van der Waals surface area contributed by atoms with Gasteiger partial charge in [0, 0.05) is 6.92 Å². The highest BCUT2D eigenvalue weighted by Crippen LogP contribution is 2.33. The Balaban J connectivity index is 1.40. The Labute approximate surface area is 196 Å². The first-order chi connectivity index (χ1) is 16.3. The molecule has 0 bridgehead atoms. The van der Waals surface area contributed by atoms with Crippen LogP contribution in [0.1, 0.15) is 34.6 Å². The molecule has 2 heterocycles. The van der Waals surface area contributed by atoms with E-state index in [0.717, 1.165) is 0 Å². The molecule has 2 aliphatic heterocycles. The van der Waals surface area contributed by atoms with Gasteiger partial charge in [-0.05, 0) is 31.2 Å². The number of ether oxygens (including phenoxy) is 6. The topological polar surface area (TPSA) is 107 Å². The molecule has 0 radical (unpaired) electrons. The van der Waals surface area contributed by atoms with Crippen molar-refractivity contribution in [2.24, 2.45) is 0 Å². The molecule has 2 aromatic rings. The van der Waals surface area contributed by atoms with E-state index >= 15 is 0 Å². The highest BCUT2D eigenvalue weighted by Gasteiger charge is 2.51. The summed E-state index contributed by atoms with van der Waals surface area (Å²) in [6.45, 7) is 6.77. The van der Waals surface area contributed by atoms with Gasteiger partial charge < -0.3 is 28.4 Å². The fourth-order valence-corrected chi connectivity index (χ4v) is 3.82. The van der Waals surface area contributed by atoms with E-state index in [1.54, 1.807) is 43.3 Å². The smallest absolute Gasteiger partial charge is 0.342 e. The standard InChI is InChI=1S/C25H24O9/c1-14(2)31-18-10-6-4-8-16(18)24(27)33-20-12-29-23-21(13-30-22(20)23)34-25(28)17-9-5-7-11-19(17)32-15(3)26/h4-11,20-23H,1,12-13H2,2-3H3/t20-,21?,22-,23-/m1/s1. The zero-order valence-electron chi connectivity index (χ0n) is 18.7. The van der Waals surface area contributed by atoms with Crippen LogP contribution in [0.15, 0.2) is 60.9 Å². The highest BCUT2D eigenvalue weighted by molar-refractivity contribution is 5.94. The third kappa shape index (κ3) is 5.11. The summed E-state index contributed by atoms with van der Waals surface area (Å²) in [6.07, 6.45) is -2.61. The zero-order valence-corrected chi connectivity index (χ0v) is 18.7. The van der Waals surface area contributed by atoms with Crippen molar-refractivity contribution in [1.82, 2.24) is 0 Å². The van der Waals surface area contributed by atoms with Crippen LogP contribution in [0.2, 0.25) is 0 Å². The number of benzene rings is 2. The van der Waals surface area contributed by atoms with Gasteiger partial charge in [-0.3, -0.25) is 4.79 Å². The molecule has 0 amide bonds. The maximum atomic E-state index is 12.8. The van der Waals surface area contributed by atoms with Gasteiger partial charge in [-0.2, -0.15) is 0 Å². The summed E-state index contributed by atoms with van der Waals surface area (Å²) in [6, 6.07) is 13.0. The molecule has 2 aromatic carbocycles. The molecular weight excluding hydrogens is 444 g/mol. The SMILES string of the molecule is C=C(C)Oc1ccccc1C(=O)O[C@@H]1CO[C@@H]2C(OC(=O)c3ccccc3OC(C)=O)CO[C@@H]21. The number of hydrogen-bond acceptors (Lipinski definition) is 9. The molecule has 0 N–H and O–H groups in total. The fraction of sp³-hybridized carbons (Fsp3) is 0.320. The van der Waals surface area contributed by atoms with E-state index in [1.807, 2.05) is 0 Å². The predicted octanol–water partition coefficient (Wildman–Crippen LogP) is 3.07. The normalized spacial score (nSPS) is 23.0. The van der Waals surface area contributed by atoms with Gasteiger partial charge in [0.05, 0.1) is 19.0 Å². The molecule has 0 aliphatic carbocycles. The molecule has 9 nitrogen and oxygen atoms in total. The Morgan fingerprint density at radius 1 is 0.765 bits per heavy atom. The van der Waals surface area contributed by atoms with Crippen LogP contribution in [0.5, 0.6) is 11.5 Å². The Kier molecular flexibility index (Phi) is 6.95. The molecule has 0 saturated carbocycles. The van der Waals surface area contributed by atoms with Crippen LogP contribution < -0.4 is 9.47 Å². The lowest BCUT2D eigenvalue weighted by atomic mass is 10.1. The van der Waals surface area contributed by atoms with E-state index in [1.165, 1.54) is 19.1 Å². The van der Waals surface area contributed by atoms with Gasteiger partial charge in [0.1, 0.15) is 34.8 Å². The van der Waals surface area contributed by atoms with Gasteiger partial charge in [-0.25, -0.2) is 9.59 Å². The lowest BCUT2D eigenvalue weighted by Gasteiger charge is -2.18. The van der Waals surface area contributed by atoms with Gasteiger partial charge in [-0.1, -0.05) is 30.8 Å². The molecular formula is C25H24O9. The van der Waals surface area contributed by atoms with Gasteiger partial charge in [-0.15, -0.1) is 0 Å². The summed E-state index contributed by atoms with van der Waals surface area (Å²) in [5.41, 5.74) is 0.355. The average molecular weight is 468 g/mol. The summed E-state index contributed by atoms with van der Waals surface area (Å²) in [7, 11) is 0. The van der Waals surface area contributed by atoms with Crippen molar-refractivity contribution in [3.05, 3.63) is 72.0 Å². The molecule has 9 heteroatoms. The molecule has 1 unspecified atom stereocenters. The number of hydrogen-bond donors (Lipinski definition) is 0. The van der Waals surface area contributed by atoms with E-state index in [0.29, 0.717) is 11.5 Å². The quantitative estimate of drug-likeness (QED) is 0.344. The minimum Gasteiger partial charge on any atom is -0.462 e. The Hall–Kier alpha value is -3.69. The van der Waals surface area contributed by atoms with E-state index in [2.05, 4.69) is 6.58 Å². The Morgan fingerprint density at radius 3 is 1.65 bits per heavy atom. The third-order valence-electron chi connectivity index (χ3n) is 5.23. The first-order valence-electron chi connectivity index (χ1n) is 10.7. The van der Waals surface area contributed by atoms with Gasteiger partial charge in [0.2, 0.25) is 0 Å². The summed E-state index contributed by atoms with van der Waals surface area (Å²) >= 11 is 0. The second-order valence-corrected chi connectivity index (χ2v) is 7.87. The summed E-state index contributed by atoms with van der Waals surface area (Å²) in [4.78, 5) is 36.8. The summed E-state index contributed by atoms with van der Waals surface area (Å²) in [5, 5.41) is 0. The molecule has 0 spiro atoms. The molecule has 0 aromatic heterocycles. The van der Waals surface area contributed by atoms with Crippen molar-refractivity contribution in [3.8, 4) is 11.5 Å². The Morgan fingerprint density at radius 2 is 1.21 bits per heavy atom. The number of para-hydroxylation sites is 2. The number of carbonyl (C=O) groups is 3. The largest absolute Gasteiger partial charge is 0.462 e. The van der Waals surface area contributed by atoms with Crippen LogP contribution in [0.3, 0.4) is 0 Å². The van der Waals surface area contributed by atoms with Crippen LogP contribution >= 0.6 is 0 Å². The fourth-order valence-electron chi connectivity index (χ4n) is 3.82. The minimum atomic E-state index is -0.717. The van der Waals surface area contributed by atoms with Crippen LogP contribution in [0.25, 0.3) is 0 Å². The van der Waals surface area contributed by atoms with E-state index in [9.17, 15) is 14.4 Å². The summed E-state index contributed by atoms with van der Waals surface area (Å²) < 4.78 is 33.3. The highest BCUT2D eigenvalue weighted by atomic mass is 16.7. The zero-order chi connectivity index (χ0) is 24.2. The van der Waals surface area contributed by atoms with E-state index in [-0.39, 0.29) is 30.1 Å². The Bertz CT molecular complexity index is 1020. The number of allylic oxidation sites excluding steroid dienone is 1. The van der Waals surface area contributed by atoms with Crippen molar-refractivity contribution < 1.29 is 42.8 Å². The number of esters is 3. The molecule has 4 atom stereocenters. The van der Waals surface area contributed by atoms with Crippen molar-refractivity contribution >= 4 is 17.9 Å². The van der Waals surface area contributed by atoms with Crippen molar-refractivity contribution in [2.75, 3.05) is 13.2 Å². The first-order valence-corrected chi connectivity index (χ1v) is 10.7. The van der Waals surface area contributed by atoms with Crippen molar-refractivity contribution in [2.45, 2.75) is 38.3 Å². The molecule has 34 heavy (non-hydrogen) atoms. The van der Waals surface area contributed by atoms with Gasteiger partial charge in [0.15, 0.2) is 12.2 Å². The van der Waals surface area contributed by atoms with Crippen LogP contribution in [0.4, 0.5) is 0 Å². The van der Waals surface area contributed by atoms with E-state index in [4.69, 9.17) is 28.4 Å². The maximum Gasteiger partial charge on any atom is 0.342 e. The minimum absolute atomic E-state index is 0.0697. The van der Waals surface area contributed by atoms with Crippen molar-refractivity contribution in [3.63, 3.8) is 0 Å². The second kappa shape index (κ2) is 10.1. The maximum absolute atomic E-state index is 12.8. The average Bonchev–Trinajstić information content (AvgIpc) is 3.37. The number of carbonyl (C=O) groups excluding carboxylic acids is 3. The molecule has 178 valence electrons.